The van der Waals surface area contributed by atoms with E-state index in [-0.39, 0.29) is 24.5 Å². The second kappa shape index (κ2) is 7.70. The van der Waals surface area contributed by atoms with Gasteiger partial charge in [0.2, 0.25) is 5.91 Å². The minimum Gasteiger partial charge on any atom is -0.377 e. The van der Waals surface area contributed by atoms with E-state index in [1.54, 1.807) is 36.1 Å². The van der Waals surface area contributed by atoms with Crippen molar-refractivity contribution in [2.45, 2.75) is 19.4 Å². The molecule has 2 aromatic carbocycles. The van der Waals surface area contributed by atoms with Crippen molar-refractivity contribution in [1.82, 2.24) is 4.90 Å². The molecule has 0 spiro atoms. The van der Waals surface area contributed by atoms with Gasteiger partial charge in [0.05, 0.1) is 6.10 Å². The third-order valence-electron chi connectivity index (χ3n) is 4.88. The average molecular weight is 352 g/mol. The average Bonchev–Trinajstić information content (AvgIpc) is 2.71. The third-order valence-corrected chi connectivity index (χ3v) is 4.88. The highest BCUT2D eigenvalue weighted by molar-refractivity contribution is 6.00. The molecule has 0 saturated heterocycles. The van der Waals surface area contributed by atoms with Crippen LogP contribution in [-0.4, -0.2) is 44.0 Å². The van der Waals surface area contributed by atoms with Crippen LogP contribution in [0.1, 0.15) is 34.0 Å². The van der Waals surface area contributed by atoms with Gasteiger partial charge in [-0.2, -0.15) is 0 Å². The van der Waals surface area contributed by atoms with Gasteiger partial charge in [0.25, 0.3) is 5.91 Å². The Hall–Kier alpha value is -2.66. The molecule has 5 nitrogen and oxygen atoms in total. The van der Waals surface area contributed by atoms with Crippen molar-refractivity contribution in [3.05, 3.63) is 65.2 Å². The molecule has 0 aromatic heterocycles. The van der Waals surface area contributed by atoms with Gasteiger partial charge in [-0.1, -0.05) is 35.9 Å². The third kappa shape index (κ3) is 3.63. The fourth-order valence-corrected chi connectivity index (χ4v) is 3.27. The maximum Gasteiger partial charge on any atom is 0.254 e. The van der Waals surface area contributed by atoms with E-state index in [0.29, 0.717) is 18.5 Å². The molecule has 26 heavy (non-hydrogen) atoms. The van der Waals surface area contributed by atoms with Gasteiger partial charge in [0, 0.05) is 37.5 Å². The molecule has 0 saturated carbocycles. The van der Waals surface area contributed by atoms with E-state index >= 15 is 0 Å². The smallest absolute Gasteiger partial charge is 0.254 e. The molecule has 0 fully saturated rings. The lowest BCUT2D eigenvalue weighted by molar-refractivity contribution is -0.119. The summed E-state index contributed by atoms with van der Waals surface area (Å²) < 4.78 is 5.67. The Labute approximate surface area is 154 Å². The van der Waals surface area contributed by atoms with Crippen LogP contribution in [0.3, 0.4) is 0 Å². The van der Waals surface area contributed by atoms with Crippen LogP contribution in [0, 0.1) is 6.92 Å². The summed E-state index contributed by atoms with van der Waals surface area (Å²) >= 11 is 0. The van der Waals surface area contributed by atoms with Crippen LogP contribution < -0.4 is 4.90 Å². The molecule has 5 heteroatoms. The van der Waals surface area contributed by atoms with Crippen molar-refractivity contribution < 1.29 is 14.3 Å². The number of amides is 2. The van der Waals surface area contributed by atoms with Gasteiger partial charge >= 0.3 is 0 Å². The number of ether oxygens (including phenoxy) is 1. The molecule has 1 unspecified atom stereocenters. The predicted octanol–water partition coefficient (Wildman–Crippen LogP) is 3.19. The molecule has 0 bridgehead atoms. The summed E-state index contributed by atoms with van der Waals surface area (Å²) in [5.41, 5.74) is 3.48. The number of rotatable bonds is 2. The topological polar surface area (TPSA) is 49.9 Å². The summed E-state index contributed by atoms with van der Waals surface area (Å²) in [5, 5.41) is 0. The monoisotopic (exact) mass is 352 g/mol. The molecule has 3 rings (SSSR count). The number of carbonyl (C=O) groups excluding carboxylic acids is 2. The van der Waals surface area contributed by atoms with Gasteiger partial charge in [0.1, 0.15) is 6.54 Å². The van der Waals surface area contributed by atoms with Crippen LogP contribution in [0.25, 0.3) is 0 Å². The number of anilines is 1. The molecule has 2 aromatic rings. The van der Waals surface area contributed by atoms with Crippen molar-refractivity contribution in [2.75, 3.05) is 32.1 Å². The molecule has 1 heterocycles. The predicted molar refractivity (Wildman–Crippen MR) is 101 cm³/mol. The molecular weight excluding hydrogens is 328 g/mol. The van der Waals surface area contributed by atoms with E-state index in [4.69, 9.17) is 4.74 Å². The lowest BCUT2D eigenvalue weighted by atomic mass is 10.0. The highest BCUT2D eigenvalue weighted by Gasteiger charge is 2.27. The standard InChI is InChI=1S/C21H24N2O3/c1-15-8-10-16(11-9-15)21(25)23-13-12-19(26-3)17-6-4-5-7-18(17)22(2)20(24)14-23/h4-11,19H,12-14H2,1-3H3. The summed E-state index contributed by atoms with van der Waals surface area (Å²) in [4.78, 5) is 28.9. The Morgan fingerprint density at radius 1 is 1.12 bits per heavy atom. The lowest BCUT2D eigenvalue weighted by Crippen LogP contribution is -2.41. The molecule has 0 N–H and O–H groups in total. The molecular formula is C21H24N2O3. The highest BCUT2D eigenvalue weighted by Crippen LogP contribution is 2.31. The summed E-state index contributed by atoms with van der Waals surface area (Å²) in [5.74, 6) is -0.248. The van der Waals surface area contributed by atoms with E-state index < -0.39 is 0 Å². The number of carbonyl (C=O) groups is 2. The second-order valence-electron chi connectivity index (χ2n) is 6.62. The zero-order valence-electron chi connectivity index (χ0n) is 15.4. The summed E-state index contributed by atoms with van der Waals surface area (Å²) in [6.45, 7) is 2.49. The Bertz CT molecular complexity index is 801. The number of fused-ring (bicyclic) bond motifs is 1. The normalized spacial score (nSPS) is 18.0. The molecule has 2 amide bonds. The molecule has 136 valence electrons. The van der Waals surface area contributed by atoms with Crippen LogP contribution >= 0.6 is 0 Å². The largest absolute Gasteiger partial charge is 0.377 e. The van der Waals surface area contributed by atoms with Crippen LogP contribution in [0.4, 0.5) is 5.69 Å². The van der Waals surface area contributed by atoms with E-state index in [9.17, 15) is 9.59 Å². The van der Waals surface area contributed by atoms with Crippen LogP contribution in [-0.2, 0) is 9.53 Å². The van der Waals surface area contributed by atoms with Crippen molar-refractivity contribution in [3.8, 4) is 0 Å². The molecule has 1 aliphatic heterocycles. The molecule has 1 atom stereocenters. The lowest BCUT2D eigenvalue weighted by Gasteiger charge is -2.24. The van der Waals surface area contributed by atoms with Crippen molar-refractivity contribution >= 4 is 17.5 Å². The van der Waals surface area contributed by atoms with Gasteiger partial charge in [-0.15, -0.1) is 0 Å². The quantitative estimate of drug-likeness (QED) is 0.834. The maximum absolute atomic E-state index is 12.9. The fourth-order valence-electron chi connectivity index (χ4n) is 3.27. The number of methoxy groups -OCH3 is 1. The number of nitrogens with zero attached hydrogens (tertiary/aromatic N) is 2. The first-order chi connectivity index (χ1) is 12.5. The van der Waals surface area contributed by atoms with E-state index in [2.05, 4.69) is 0 Å². The number of hydrogen-bond donors (Lipinski definition) is 0. The number of aryl methyl sites for hydroxylation is 1. The SMILES string of the molecule is COC1CCN(C(=O)c2ccc(C)cc2)CC(=O)N(C)c2ccccc21. The Kier molecular flexibility index (Phi) is 5.38. The number of hydrogen-bond acceptors (Lipinski definition) is 3. The van der Waals surface area contributed by atoms with E-state index in [1.165, 1.54) is 0 Å². The van der Waals surface area contributed by atoms with Gasteiger partial charge in [0.15, 0.2) is 0 Å². The molecule has 0 radical (unpaired) electrons. The second-order valence-corrected chi connectivity index (χ2v) is 6.62. The fraction of sp³-hybridized carbons (Fsp3) is 0.333. The number of para-hydroxylation sites is 1. The summed E-state index contributed by atoms with van der Waals surface area (Å²) in [7, 11) is 3.40. The first kappa shape index (κ1) is 18.1. The summed E-state index contributed by atoms with van der Waals surface area (Å²) in [6.07, 6.45) is 0.458. The van der Waals surface area contributed by atoms with Gasteiger partial charge in [-0.25, -0.2) is 0 Å². The highest BCUT2D eigenvalue weighted by atomic mass is 16.5. The zero-order valence-corrected chi connectivity index (χ0v) is 15.4. The molecule has 0 aliphatic carbocycles. The number of benzene rings is 2. The first-order valence-corrected chi connectivity index (χ1v) is 8.75. The van der Waals surface area contributed by atoms with Crippen LogP contribution in [0.15, 0.2) is 48.5 Å². The van der Waals surface area contributed by atoms with Crippen molar-refractivity contribution in [1.29, 1.82) is 0 Å². The molecule has 1 aliphatic rings. The van der Waals surface area contributed by atoms with Gasteiger partial charge in [-0.05, 0) is 31.5 Å². The minimum atomic E-state index is -0.173. The van der Waals surface area contributed by atoms with Crippen LogP contribution in [0.2, 0.25) is 0 Å². The van der Waals surface area contributed by atoms with Gasteiger partial charge in [-0.3, -0.25) is 9.59 Å². The van der Waals surface area contributed by atoms with Crippen molar-refractivity contribution in [2.24, 2.45) is 0 Å². The Balaban J connectivity index is 1.91. The Morgan fingerprint density at radius 2 is 1.81 bits per heavy atom. The Morgan fingerprint density at radius 3 is 2.50 bits per heavy atom. The van der Waals surface area contributed by atoms with E-state index in [0.717, 1.165) is 16.8 Å². The zero-order chi connectivity index (χ0) is 18.7. The minimum absolute atomic E-state index is 0.0496. The summed E-state index contributed by atoms with van der Waals surface area (Å²) in [6, 6.07) is 15.2. The van der Waals surface area contributed by atoms with Crippen LogP contribution in [0.5, 0.6) is 0 Å². The number of likely N-dealkylation sites (N-methyl/N-ethyl adjacent to an activating group) is 1. The van der Waals surface area contributed by atoms with E-state index in [1.807, 2.05) is 43.3 Å². The van der Waals surface area contributed by atoms with Gasteiger partial charge < -0.3 is 14.5 Å². The first-order valence-electron chi connectivity index (χ1n) is 8.75. The van der Waals surface area contributed by atoms with Crippen molar-refractivity contribution in [3.63, 3.8) is 0 Å². The maximum atomic E-state index is 12.9.